The van der Waals surface area contributed by atoms with Crippen LogP contribution in [0.5, 0.6) is 0 Å². The highest BCUT2D eigenvalue weighted by molar-refractivity contribution is 5.99. The zero-order valence-corrected chi connectivity index (χ0v) is 13.9. The van der Waals surface area contributed by atoms with E-state index in [0.29, 0.717) is 5.69 Å². The molecule has 7 heteroatoms. The molecule has 0 bridgehead atoms. The lowest BCUT2D eigenvalue weighted by Crippen LogP contribution is -2.25. The number of aliphatic carboxylic acids is 1. The molecule has 6 nitrogen and oxygen atoms in total. The van der Waals surface area contributed by atoms with Crippen LogP contribution in [0, 0.1) is 19.7 Å². The van der Waals surface area contributed by atoms with Crippen LogP contribution in [-0.2, 0) is 9.63 Å². The number of hydrogen-bond acceptors (Lipinski definition) is 4. The Kier molecular flexibility index (Phi) is 6.08. The number of carboxylic acid groups (broad SMARTS) is 1. The molecule has 2 rings (SSSR count). The number of hydrogen-bond donors (Lipinski definition) is 3. The number of halogens is 1. The Hall–Kier alpha value is -2.93. The average molecular weight is 346 g/mol. The van der Waals surface area contributed by atoms with E-state index in [-0.39, 0.29) is 24.3 Å². The molecule has 0 aromatic heterocycles. The SMILES string of the molecule is Cc1ccc(Nc2cc(C)ccc2C(=O)NOCCC(=O)O)c(F)c1. The molecule has 0 saturated carbocycles. The van der Waals surface area contributed by atoms with Crippen LogP contribution in [0.4, 0.5) is 15.8 Å². The smallest absolute Gasteiger partial charge is 0.305 e. The standard InChI is InChI=1S/C18H19FN2O4/c1-11-4-6-15(14(19)9-11)20-16-10-12(2)3-5-13(16)18(24)21-25-8-7-17(22)23/h3-6,9-10,20H,7-8H2,1-2H3,(H,21,24)(H,22,23). The summed E-state index contributed by atoms with van der Waals surface area (Å²) in [6.45, 7) is 3.48. The number of amides is 1. The van der Waals surface area contributed by atoms with Crippen molar-refractivity contribution in [3.63, 3.8) is 0 Å². The second-order valence-corrected chi connectivity index (χ2v) is 5.58. The summed E-state index contributed by atoms with van der Waals surface area (Å²) in [5, 5.41) is 11.5. The Bertz CT molecular complexity index is 793. The summed E-state index contributed by atoms with van der Waals surface area (Å²) in [6, 6.07) is 9.79. The number of anilines is 2. The van der Waals surface area contributed by atoms with Crippen molar-refractivity contribution in [2.24, 2.45) is 0 Å². The summed E-state index contributed by atoms with van der Waals surface area (Å²) >= 11 is 0. The van der Waals surface area contributed by atoms with Gasteiger partial charge in [0, 0.05) is 0 Å². The van der Waals surface area contributed by atoms with Gasteiger partial charge in [-0.1, -0.05) is 12.1 Å². The number of rotatable bonds is 7. The topological polar surface area (TPSA) is 87.7 Å². The van der Waals surface area contributed by atoms with Crippen LogP contribution in [0.2, 0.25) is 0 Å². The molecule has 0 spiro atoms. The molecule has 2 aromatic carbocycles. The van der Waals surface area contributed by atoms with Gasteiger partial charge in [-0.2, -0.15) is 0 Å². The predicted molar refractivity (Wildman–Crippen MR) is 91.3 cm³/mol. The molecule has 0 fully saturated rings. The van der Waals surface area contributed by atoms with Crippen molar-refractivity contribution in [2.45, 2.75) is 20.3 Å². The van der Waals surface area contributed by atoms with Crippen molar-refractivity contribution in [3.05, 3.63) is 58.9 Å². The van der Waals surface area contributed by atoms with E-state index >= 15 is 0 Å². The van der Waals surface area contributed by atoms with E-state index in [1.165, 1.54) is 6.07 Å². The summed E-state index contributed by atoms with van der Waals surface area (Å²) in [6.07, 6.45) is -0.228. The number of hydroxylamine groups is 1. The minimum absolute atomic E-state index is 0.151. The summed E-state index contributed by atoms with van der Waals surface area (Å²) in [7, 11) is 0. The molecule has 132 valence electrons. The zero-order chi connectivity index (χ0) is 18.4. The quantitative estimate of drug-likeness (QED) is 0.529. The number of carbonyl (C=O) groups excluding carboxylic acids is 1. The van der Waals surface area contributed by atoms with Crippen molar-refractivity contribution in [3.8, 4) is 0 Å². The first kappa shape index (κ1) is 18.4. The van der Waals surface area contributed by atoms with E-state index < -0.39 is 17.7 Å². The van der Waals surface area contributed by atoms with Crippen LogP contribution in [0.1, 0.15) is 27.9 Å². The Morgan fingerprint density at radius 2 is 1.76 bits per heavy atom. The van der Waals surface area contributed by atoms with Gasteiger partial charge in [-0.3, -0.25) is 14.4 Å². The number of carbonyl (C=O) groups is 2. The van der Waals surface area contributed by atoms with Gasteiger partial charge in [0.2, 0.25) is 0 Å². The van der Waals surface area contributed by atoms with Gasteiger partial charge >= 0.3 is 5.97 Å². The molecular formula is C18H19FN2O4. The van der Waals surface area contributed by atoms with Crippen LogP contribution in [0.15, 0.2) is 36.4 Å². The van der Waals surface area contributed by atoms with Gasteiger partial charge in [0.1, 0.15) is 5.82 Å². The maximum Gasteiger partial charge on any atom is 0.305 e. The van der Waals surface area contributed by atoms with Crippen molar-refractivity contribution >= 4 is 23.3 Å². The minimum Gasteiger partial charge on any atom is -0.481 e. The van der Waals surface area contributed by atoms with E-state index in [4.69, 9.17) is 9.94 Å². The van der Waals surface area contributed by atoms with Gasteiger partial charge in [-0.15, -0.1) is 0 Å². The van der Waals surface area contributed by atoms with Gasteiger partial charge in [0.05, 0.1) is 30.0 Å². The molecule has 1 amide bonds. The summed E-state index contributed by atoms with van der Waals surface area (Å²) in [5.74, 6) is -2.01. The molecule has 0 aliphatic rings. The van der Waals surface area contributed by atoms with Crippen LogP contribution in [-0.4, -0.2) is 23.6 Å². The number of nitrogens with one attached hydrogen (secondary N) is 2. The first-order valence-corrected chi connectivity index (χ1v) is 7.64. The summed E-state index contributed by atoms with van der Waals surface area (Å²) in [4.78, 5) is 27.5. The van der Waals surface area contributed by atoms with Crippen LogP contribution in [0.3, 0.4) is 0 Å². The highest BCUT2D eigenvalue weighted by Crippen LogP contribution is 2.25. The van der Waals surface area contributed by atoms with Crippen molar-refractivity contribution < 1.29 is 23.9 Å². The fourth-order valence-corrected chi connectivity index (χ4v) is 2.14. The van der Waals surface area contributed by atoms with Crippen LogP contribution in [0.25, 0.3) is 0 Å². The van der Waals surface area contributed by atoms with Crippen LogP contribution < -0.4 is 10.8 Å². The fraction of sp³-hybridized carbons (Fsp3) is 0.222. The molecule has 0 unspecified atom stereocenters. The van der Waals surface area contributed by atoms with E-state index in [0.717, 1.165) is 11.1 Å². The highest BCUT2D eigenvalue weighted by Gasteiger charge is 2.14. The first-order valence-electron chi connectivity index (χ1n) is 7.64. The molecule has 2 aromatic rings. The molecule has 0 radical (unpaired) electrons. The third kappa shape index (κ3) is 5.29. The third-order valence-corrected chi connectivity index (χ3v) is 3.40. The third-order valence-electron chi connectivity index (χ3n) is 3.40. The predicted octanol–water partition coefficient (Wildman–Crippen LogP) is 3.32. The maximum atomic E-state index is 14.1. The lowest BCUT2D eigenvalue weighted by atomic mass is 10.1. The molecular weight excluding hydrogens is 327 g/mol. The molecule has 3 N–H and O–H groups in total. The maximum absolute atomic E-state index is 14.1. The number of carboxylic acids is 1. The van der Waals surface area contributed by atoms with Crippen molar-refractivity contribution in [1.29, 1.82) is 0 Å². The van der Waals surface area contributed by atoms with Crippen LogP contribution >= 0.6 is 0 Å². The molecule has 0 saturated heterocycles. The Morgan fingerprint density at radius 1 is 1.08 bits per heavy atom. The van der Waals surface area contributed by atoms with E-state index in [2.05, 4.69) is 10.8 Å². The number of benzene rings is 2. The summed E-state index contributed by atoms with van der Waals surface area (Å²) in [5.41, 5.74) is 4.78. The molecule has 0 aliphatic heterocycles. The summed E-state index contributed by atoms with van der Waals surface area (Å²) < 4.78 is 14.1. The fourth-order valence-electron chi connectivity index (χ4n) is 2.14. The Morgan fingerprint density at radius 3 is 2.44 bits per heavy atom. The van der Waals surface area contributed by atoms with Gasteiger partial charge < -0.3 is 10.4 Å². The van der Waals surface area contributed by atoms with E-state index in [1.54, 1.807) is 37.3 Å². The first-order chi connectivity index (χ1) is 11.9. The molecule has 0 aliphatic carbocycles. The number of aryl methyl sites for hydroxylation is 2. The zero-order valence-electron chi connectivity index (χ0n) is 13.9. The van der Waals surface area contributed by atoms with E-state index in [1.807, 2.05) is 6.92 Å². The molecule has 0 atom stereocenters. The largest absolute Gasteiger partial charge is 0.481 e. The van der Waals surface area contributed by atoms with Crippen molar-refractivity contribution in [1.82, 2.24) is 5.48 Å². The molecule has 0 heterocycles. The normalized spacial score (nSPS) is 10.4. The highest BCUT2D eigenvalue weighted by atomic mass is 19.1. The lowest BCUT2D eigenvalue weighted by Gasteiger charge is -2.14. The van der Waals surface area contributed by atoms with Gasteiger partial charge in [-0.05, 0) is 49.2 Å². The lowest BCUT2D eigenvalue weighted by molar-refractivity contribution is -0.138. The monoisotopic (exact) mass is 346 g/mol. The minimum atomic E-state index is -1.03. The second-order valence-electron chi connectivity index (χ2n) is 5.58. The molecule has 25 heavy (non-hydrogen) atoms. The Labute approximate surface area is 144 Å². The van der Waals surface area contributed by atoms with E-state index in [9.17, 15) is 14.0 Å². The average Bonchev–Trinajstić information content (AvgIpc) is 2.54. The van der Waals surface area contributed by atoms with Gasteiger partial charge in [-0.25, -0.2) is 9.87 Å². The van der Waals surface area contributed by atoms with Gasteiger partial charge in [0.25, 0.3) is 5.91 Å². The Balaban J connectivity index is 2.16. The van der Waals surface area contributed by atoms with Gasteiger partial charge in [0.15, 0.2) is 0 Å². The second kappa shape index (κ2) is 8.25. The van der Waals surface area contributed by atoms with Crippen molar-refractivity contribution in [2.75, 3.05) is 11.9 Å².